The molecule has 0 radical (unpaired) electrons. The number of allylic oxidation sites excluding steroid dienone is 2. The first-order valence-electron chi connectivity index (χ1n) is 8.50. The molecule has 1 aliphatic heterocycles. The molecule has 0 saturated carbocycles. The Morgan fingerprint density at radius 2 is 2.12 bits per heavy atom. The normalized spacial score (nSPS) is 23.6. The number of hydrogen-bond acceptors (Lipinski definition) is 3. The van der Waals surface area contributed by atoms with Gasteiger partial charge in [0.15, 0.2) is 0 Å². The van der Waals surface area contributed by atoms with E-state index in [1.165, 1.54) is 13.2 Å². The lowest BCUT2D eigenvalue weighted by Crippen LogP contribution is -2.31. The summed E-state index contributed by atoms with van der Waals surface area (Å²) in [4.78, 5) is 12.3. The Balaban J connectivity index is 1.87. The third kappa shape index (κ3) is 2.53. The zero-order valence-electron chi connectivity index (χ0n) is 14.3. The molecule has 0 spiro atoms. The van der Waals surface area contributed by atoms with Gasteiger partial charge in [0.05, 0.1) is 18.7 Å². The maximum atomic E-state index is 13.8. The number of carbonyl (C=O) groups is 1. The van der Waals surface area contributed by atoms with Crippen LogP contribution in [0.2, 0.25) is 0 Å². The highest BCUT2D eigenvalue weighted by molar-refractivity contribution is 5.94. The molecule has 128 valence electrons. The van der Waals surface area contributed by atoms with Gasteiger partial charge in [-0.25, -0.2) is 9.18 Å². The molecule has 2 aromatic carbocycles. The van der Waals surface area contributed by atoms with Crippen LogP contribution in [0, 0.1) is 18.7 Å². The Bertz CT molecular complexity index is 874. The fraction of sp³-hybridized carbons (Fsp3) is 0.286. The van der Waals surface area contributed by atoms with E-state index < -0.39 is 0 Å². The van der Waals surface area contributed by atoms with Gasteiger partial charge in [0.2, 0.25) is 0 Å². The second-order valence-corrected chi connectivity index (χ2v) is 6.74. The topological polar surface area (TPSA) is 38.3 Å². The number of carbonyl (C=O) groups excluding carboxylic acids is 1. The Kier molecular flexibility index (Phi) is 3.83. The largest absolute Gasteiger partial charge is 0.465 e. The van der Waals surface area contributed by atoms with Gasteiger partial charge in [-0.1, -0.05) is 30.4 Å². The van der Waals surface area contributed by atoms with Crippen LogP contribution in [0.3, 0.4) is 0 Å². The van der Waals surface area contributed by atoms with Crippen molar-refractivity contribution < 1.29 is 13.9 Å². The second-order valence-electron chi connectivity index (χ2n) is 6.74. The number of hydrogen-bond donors (Lipinski definition) is 1. The minimum atomic E-state index is -0.318. The van der Waals surface area contributed by atoms with Crippen LogP contribution >= 0.6 is 0 Å². The van der Waals surface area contributed by atoms with Gasteiger partial charge in [-0.05, 0) is 54.2 Å². The third-order valence-electron chi connectivity index (χ3n) is 5.34. The molecule has 4 rings (SSSR count). The van der Waals surface area contributed by atoms with Crippen molar-refractivity contribution in [1.29, 1.82) is 0 Å². The van der Waals surface area contributed by atoms with Gasteiger partial charge in [-0.15, -0.1) is 0 Å². The second kappa shape index (κ2) is 6.03. The van der Waals surface area contributed by atoms with Gasteiger partial charge in [0.1, 0.15) is 5.82 Å². The SMILES string of the molecule is COC(=O)c1ccc(C)c2c1[C@@H]1C=CC[C@@H]1[C@H](c1cccc(F)c1)N2. The van der Waals surface area contributed by atoms with Gasteiger partial charge in [0, 0.05) is 11.6 Å². The molecule has 0 aromatic heterocycles. The van der Waals surface area contributed by atoms with E-state index in [-0.39, 0.29) is 29.7 Å². The Labute approximate surface area is 146 Å². The Morgan fingerprint density at radius 3 is 2.88 bits per heavy atom. The number of rotatable bonds is 2. The summed E-state index contributed by atoms with van der Waals surface area (Å²) in [6.07, 6.45) is 5.22. The van der Waals surface area contributed by atoms with Crippen molar-refractivity contribution in [2.24, 2.45) is 5.92 Å². The molecule has 2 aliphatic rings. The highest BCUT2D eigenvalue weighted by Crippen LogP contribution is 2.51. The van der Waals surface area contributed by atoms with Crippen molar-refractivity contribution in [3.63, 3.8) is 0 Å². The van der Waals surface area contributed by atoms with Crippen LogP contribution in [0.25, 0.3) is 0 Å². The molecule has 0 bridgehead atoms. The van der Waals surface area contributed by atoms with Crippen molar-refractivity contribution in [3.8, 4) is 0 Å². The number of aryl methyl sites for hydroxylation is 1. The van der Waals surface area contributed by atoms with Crippen LogP contribution in [0.5, 0.6) is 0 Å². The smallest absolute Gasteiger partial charge is 0.338 e. The molecule has 2 aromatic rings. The van der Waals surface area contributed by atoms with Crippen LogP contribution in [-0.2, 0) is 4.74 Å². The number of benzene rings is 2. The van der Waals surface area contributed by atoms with Crippen molar-refractivity contribution in [3.05, 3.63) is 76.6 Å². The molecule has 1 aliphatic carbocycles. The van der Waals surface area contributed by atoms with Crippen LogP contribution in [0.4, 0.5) is 10.1 Å². The summed E-state index contributed by atoms with van der Waals surface area (Å²) in [5.41, 5.74) is 4.58. The van der Waals surface area contributed by atoms with E-state index in [1.807, 2.05) is 25.1 Å². The van der Waals surface area contributed by atoms with Gasteiger partial charge >= 0.3 is 5.97 Å². The number of halogens is 1. The summed E-state index contributed by atoms with van der Waals surface area (Å²) in [6, 6.07) is 10.5. The minimum Gasteiger partial charge on any atom is -0.465 e. The van der Waals surface area contributed by atoms with Gasteiger partial charge in [-0.2, -0.15) is 0 Å². The van der Waals surface area contributed by atoms with Gasteiger partial charge in [0.25, 0.3) is 0 Å². The highest BCUT2D eigenvalue weighted by Gasteiger charge is 2.40. The van der Waals surface area contributed by atoms with Crippen LogP contribution in [0.15, 0.2) is 48.6 Å². The molecule has 3 atom stereocenters. The van der Waals surface area contributed by atoms with Crippen LogP contribution in [0.1, 0.15) is 45.4 Å². The first-order valence-corrected chi connectivity index (χ1v) is 8.50. The van der Waals surface area contributed by atoms with E-state index in [0.717, 1.165) is 28.8 Å². The third-order valence-corrected chi connectivity index (χ3v) is 5.34. The number of anilines is 1. The lowest BCUT2D eigenvalue weighted by Gasteiger charge is -2.39. The van der Waals surface area contributed by atoms with E-state index >= 15 is 0 Å². The van der Waals surface area contributed by atoms with Crippen molar-refractivity contribution in [2.45, 2.75) is 25.3 Å². The molecule has 25 heavy (non-hydrogen) atoms. The quantitative estimate of drug-likeness (QED) is 0.635. The molecular weight excluding hydrogens is 317 g/mol. The lowest BCUT2D eigenvalue weighted by atomic mass is 9.74. The average molecular weight is 337 g/mol. The van der Waals surface area contributed by atoms with Gasteiger partial charge < -0.3 is 10.1 Å². The average Bonchev–Trinajstić information content (AvgIpc) is 3.10. The summed E-state index contributed by atoms with van der Waals surface area (Å²) < 4.78 is 18.7. The molecule has 0 amide bonds. The first kappa shape index (κ1) is 15.9. The summed E-state index contributed by atoms with van der Waals surface area (Å²) >= 11 is 0. The maximum absolute atomic E-state index is 13.8. The predicted molar refractivity (Wildman–Crippen MR) is 95.3 cm³/mol. The maximum Gasteiger partial charge on any atom is 0.338 e. The summed E-state index contributed by atoms with van der Waals surface area (Å²) in [5, 5.41) is 3.59. The number of fused-ring (bicyclic) bond motifs is 3. The van der Waals surface area contributed by atoms with Gasteiger partial charge in [-0.3, -0.25) is 0 Å². The molecule has 0 unspecified atom stereocenters. The molecule has 3 nitrogen and oxygen atoms in total. The summed E-state index contributed by atoms with van der Waals surface area (Å²) in [5.74, 6) is -0.174. The van der Waals surface area contributed by atoms with Crippen LogP contribution < -0.4 is 5.32 Å². The van der Waals surface area contributed by atoms with E-state index in [0.29, 0.717) is 5.56 Å². The van der Waals surface area contributed by atoms with Crippen LogP contribution in [-0.4, -0.2) is 13.1 Å². The van der Waals surface area contributed by atoms with E-state index in [9.17, 15) is 9.18 Å². The number of nitrogens with one attached hydrogen (secondary N) is 1. The molecule has 1 heterocycles. The highest BCUT2D eigenvalue weighted by atomic mass is 19.1. The molecule has 0 fully saturated rings. The molecule has 1 N–H and O–H groups in total. The lowest BCUT2D eigenvalue weighted by molar-refractivity contribution is 0.0598. The van der Waals surface area contributed by atoms with E-state index in [4.69, 9.17) is 4.74 Å². The molecule has 0 saturated heterocycles. The van der Waals surface area contributed by atoms with E-state index in [2.05, 4.69) is 17.5 Å². The monoisotopic (exact) mass is 337 g/mol. The zero-order chi connectivity index (χ0) is 17.6. The van der Waals surface area contributed by atoms with Crippen molar-refractivity contribution >= 4 is 11.7 Å². The van der Waals surface area contributed by atoms with Crippen molar-refractivity contribution in [1.82, 2.24) is 0 Å². The predicted octanol–water partition coefficient (Wildman–Crippen LogP) is 4.75. The minimum absolute atomic E-state index is 0.00907. The van der Waals surface area contributed by atoms with E-state index in [1.54, 1.807) is 12.1 Å². The molecule has 4 heteroatoms. The number of ether oxygens (including phenoxy) is 1. The summed E-state index contributed by atoms with van der Waals surface area (Å²) in [7, 11) is 1.41. The number of esters is 1. The van der Waals surface area contributed by atoms with Crippen molar-refractivity contribution in [2.75, 3.05) is 12.4 Å². The standard InChI is InChI=1S/C21H20FNO2/c1-12-9-10-17(21(24)25-2)18-15-7-4-8-16(15)20(23-19(12)18)13-5-3-6-14(22)11-13/h3-7,9-11,15-16,20,23H,8H2,1-2H3/t15-,16+,20+/m1/s1. The number of methoxy groups -OCH3 is 1. The zero-order valence-corrected chi connectivity index (χ0v) is 14.3. The Hall–Kier alpha value is -2.62. The summed E-state index contributed by atoms with van der Waals surface area (Å²) in [6.45, 7) is 2.02. The Morgan fingerprint density at radius 1 is 1.28 bits per heavy atom. The fourth-order valence-corrected chi connectivity index (χ4v) is 4.17. The first-order chi connectivity index (χ1) is 12.1. The fourth-order valence-electron chi connectivity index (χ4n) is 4.17. The molecular formula is C21H20FNO2.